The minimum absolute atomic E-state index is 0.203. The van der Waals surface area contributed by atoms with Crippen LogP contribution in [0, 0.1) is 5.82 Å². The number of piperazine rings is 1. The number of likely N-dealkylation sites (tertiary alicyclic amines) is 1. The second-order valence-corrected chi connectivity index (χ2v) is 10.7. The van der Waals surface area contributed by atoms with Gasteiger partial charge < -0.3 is 29.9 Å². The molecule has 5 rings (SSSR count). The van der Waals surface area contributed by atoms with Gasteiger partial charge in [0.2, 0.25) is 0 Å². The second-order valence-electron chi connectivity index (χ2n) is 10.3. The van der Waals surface area contributed by atoms with Crippen LogP contribution in [-0.4, -0.2) is 84.7 Å². The Morgan fingerprint density at radius 2 is 1.71 bits per heavy atom. The number of amides is 2. The average Bonchev–Trinajstić information content (AvgIpc) is 3.60. The number of carbonyl (C=O) groups is 2. The number of ether oxygens (including phenoxy) is 1. The third kappa shape index (κ3) is 6.57. The van der Waals surface area contributed by atoms with Crippen molar-refractivity contribution in [1.29, 1.82) is 0 Å². The van der Waals surface area contributed by atoms with Crippen LogP contribution >= 0.6 is 11.6 Å². The van der Waals surface area contributed by atoms with E-state index in [1.807, 2.05) is 0 Å². The predicted molar refractivity (Wildman–Crippen MR) is 143 cm³/mol. The monoisotopic (exact) mass is 544 g/mol. The summed E-state index contributed by atoms with van der Waals surface area (Å²) in [6, 6.07) is 10.7. The lowest BCUT2D eigenvalue weighted by atomic mass is 10.0. The Balaban J connectivity index is 1.22. The molecule has 2 amide bonds. The van der Waals surface area contributed by atoms with Crippen molar-refractivity contribution >= 4 is 29.1 Å². The highest BCUT2D eigenvalue weighted by molar-refractivity contribution is 6.35. The molecule has 204 valence electrons. The lowest BCUT2D eigenvalue weighted by molar-refractivity contribution is -0.147. The Morgan fingerprint density at radius 3 is 2.34 bits per heavy atom. The van der Waals surface area contributed by atoms with Gasteiger partial charge in [-0.1, -0.05) is 17.7 Å². The first-order valence-electron chi connectivity index (χ1n) is 13.3. The van der Waals surface area contributed by atoms with E-state index in [2.05, 4.69) is 15.1 Å². The summed E-state index contributed by atoms with van der Waals surface area (Å²) in [5.74, 6) is -1.06. The third-order valence-electron chi connectivity index (χ3n) is 7.42. The molecular formula is C28H34ClFN4O4. The van der Waals surface area contributed by atoms with Crippen molar-refractivity contribution in [3.05, 3.63) is 58.9 Å². The fourth-order valence-electron chi connectivity index (χ4n) is 5.06. The minimum Gasteiger partial charge on any atom is -0.489 e. The van der Waals surface area contributed by atoms with Crippen molar-refractivity contribution in [3.63, 3.8) is 0 Å². The van der Waals surface area contributed by atoms with E-state index in [-0.39, 0.29) is 11.9 Å². The molecule has 38 heavy (non-hydrogen) atoms. The van der Waals surface area contributed by atoms with Gasteiger partial charge in [0, 0.05) is 38.4 Å². The summed E-state index contributed by atoms with van der Waals surface area (Å²) < 4.78 is 19.0. The minimum atomic E-state index is -1.05. The maximum atomic E-state index is 13.2. The molecule has 0 radical (unpaired) electrons. The van der Waals surface area contributed by atoms with Gasteiger partial charge in [-0.15, -0.1) is 0 Å². The molecule has 2 saturated heterocycles. The largest absolute Gasteiger partial charge is 0.489 e. The van der Waals surface area contributed by atoms with Crippen LogP contribution in [0.1, 0.15) is 37.4 Å². The Labute approximate surface area is 227 Å². The number of hydrogen-bond acceptors (Lipinski definition) is 6. The van der Waals surface area contributed by atoms with Crippen LogP contribution < -0.4 is 15.0 Å². The molecule has 2 aromatic carbocycles. The molecule has 10 heteroatoms. The standard InChI is InChI=1S/C28H34ClFN4O4/c29-23-17-19(3-10-25(23)38-22-8-9-22)26(35)24(18-32-11-1-2-12-32)31-27(36)28(37)34-15-13-33(14-16-34)21-6-4-20(30)5-7-21/h3-7,10,17,22,24,26,35H,1-2,8-9,11-16,18H2,(H,31,36). The van der Waals surface area contributed by atoms with Crippen LogP contribution in [0.15, 0.2) is 42.5 Å². The summed E-state index contributed by atoms with van der Waals surface area (Å²) >= 11 is 6.42. The van der Waals surface area contributed by atoms with Gasteiger partial charge in [-0.25, -0.2) is 4.39 Å². The van der Waals surface area contributed by atoms with Crippen LogP contribution in [0.2, 0.25) is 5.02 Å². The number of aliphatic hydroxyl groups excluding tert-OH is 1. The van der Waals surface area contributed by atoms with Crippen molar-refractivity contribution in [2.45, 2.75) is 43.9 Å². The SMILES string of the molecule is O=C(NC(CN1CCCC1)C(O)c1ccc(OC2CC2)c(Cl)c1)C(=O)N1CCN(c2ccc(F)cc2)CC1. The highest BCUT2D eigenvalue weighted by Gasteiger charge is 2.32. The third-order valence-corrected chi connectivity index (χ3v) is 7.71. The molecule has 3 aliphatic rings. The molecule has 8 nitrogen and oxygen atoms in total. The predicted octanol–water partition coefficient (Wildman–Crippen LogP) is 2.98. The molecule has 2 N–H and O–H groups in total. The second kappa shape index (κ2) is 11.9. The number of carbonyl (C=O) groups excluding carboxylic acids is 2. The summed E-state index contributed by atoms with van der Waals surface area (Å²) in [6.07, 6.45) is 3.31. The van der Waals surface area contributed by atoms with Crippen LogP contribution in [0.5, 0.6) is 5.75 Å². The van der Waals surface area contributed by atoms with Crippen LogP contribution in [0.25, 0.3) is 0 Å². The van der Waals surface area contributed by atoms with Gasteiger partial charge >= 0.3 is 11.8 Å². The van der Waals surface area contributed by atoms with Crippen molar-refractivity contribution < 1.29 is 23.8 Å². The quantitative estimate of drug-likeness (QED) is 0.497. The van der Waals surface area contributed by atoms with Gasteiger partial charge in [0.15, 0.2) is 0 Å². The topological polar surface area (TPSA) is 85.3 Å². The molecule has 0 aromatic heterocycles. The number of rotatable bonds is 8. The molecular weight excluding hydrogens is 511 g/mol. The van der Waals surface area contributed by atoms with E-state index < -0.39 is 24.0 Å². The Kier molecular flexibility index (Phi) is 8.35. The lowest BCUT2D eigenvalue weighted by Gasteiger charge is -2.36. The number of nitrogens with zero attached hydrogens (tertiary/aromatic N) is 3. The van der Waals surface area contributed by atoms with E-state index in [1.165, 1.54) is 17.0 Å². The molecule has 2 heterocycles. The maximum Gasteiger partial charge on any atom is 0.312 e. The van der Waals surface area contributed by atoms with Gasteiger partial charge in [0.1, 0.15) is 17.7 Å². The fourth-order valence-corrected chi connectivity index (χ4v) is 5.29. The molecule has 3 fully saturated rings. The normalized spacial score (nSPS) is 19.8. The van der Waals surface area contributed by atoms with E-state index in [4.69, 9.17) is 16.3 Å². The molecule has 2 aromatic rings. The Bertz CT molecular complexity index is 1130. The van der Waals surface area contributed by atoms with Crippen molar-refractivity contribution in [2.24, 2.45) is 0 Å². The van der Waals surface area contributed by atoms with E-state index in [0.717, 1.165) is 44.5 Å². The van der Waals surface area contributed by atoms with Gasteiger partial charge in [-0.2, -0.15) is 0 Å². The van der Waals surface area contributed by atoms with E-state index in [1.54, 1.807) is 30.3 Å². The van der Waals surface area contributed by atoms with Gasteiger partial charge in [-0.05, 0) is 80.7 Å². The van der Waals surface area contributed by atoms with Crippen LogP contribution in [0.3, 0.4) is 0 Å². The smallest absolute Gasteiger partial charge is 0.312 e. The van der Waals surface area contributed by atoms with Crippen molar-refractivity contribution in [2.75, 3.05) is 50.7 Å². The first-order chi connectivity index (χ1) is 18.4. The fraction of sp³-hybridized carbons (Fsp3) is 0.500. The first kappa shape index (κ1) is 26.7. The molecule has 1 aliphatic carbocycles. The Morgan fingerprint density at radius 1 is 1.03 bits per heavy atom. The van der Waals surface area contributed by atoms with Crippen LogP contribution in [0.4, 0.5) is 10.1 Å². The average molecular weight is 545 g/mol. The highest BCUT2D eigenvalue weighted by atomic mass is 35.5. The van der Waals surface area contributed by atoms with Gasteiger partial charge in [0.05, 0.1) is 17.2 Å². The van der Waals surface area contributed by atoms with Crippen molar-refractivity contribution in [1.82, 2.24) is 15.1 Å². The number of aliphatic hydroxyl groups is 1. The molecule has 2 atom stereocenters. The van der Waals surface area contributed by atoms with E-state index >= 15 is 0 Å². The zero-order chi connectivity index (χ0) is 26.6. The molecule has 2 unspecified atom stereocenters. The van der Waals surface area contributed by atoms with Crippen molar-refractivity contribution in [3.8, 4) is 5.75 Å². The number of anilines is 1. The number of nitrogens with one attached hydrogen (secondary N) is 1. The van der Waals surface area contributed by atoms with Gasteiger partial charge in [0.25, 0.3) is 0 Å². The molecule has 2 aliphatic heterocycles. The summed E-state index contributed by atoms with van der Waals surface area (Å²) in [6.45, 7) is 4.02. The van der Waals surface area contributed by atoms with E-state index in [9.17, 15) is 19.1 Å². The summed E-state index contributed by atoms with van der Waals surface area (Å²) in [5, 5.41) is 14.5. The number of benzene rings is 2. The molecule has 1 saturated carbocycles. The number of hydrogen-bond donors (Lipinski definition) is 2. The molecule has 0 spiro atoms. The Hall–Kier alpha value is -2.88. The van der Waals surface area contributed by atoms with E-state index in [0.29, 0.717) is 49.1 Å². The molecule has 0 bridgehead atoms. The summed E-state index contributed by atoms with van der Waals surface area (Å²) in [4.78, 5) is 31.9. The zero-order valence-electron chi connectivity index (χ0n) is 21.3. The van der Waals surface area contributed by atoms with Gasteiger partial charge in [-0.3, -0.25) is 9.59 Å². The summed E-state index contributed by atoms with van der Waals surface area (Å²) in [7, 11) is 0. The number of halogens is 2. The lowest BCUT2D eigenvalue weighted by Crippen LogP contribution is -2.55. The van der Waals surface area contributed by atoms with Crippen LogP contribution in [-0.2, 0) is 9.59 Å². The zero-order valence-corrected chi connectivity index (χ0v) is 22.1. The summed E-state index contributed by atoms with van der Waals surface area (Å²) in [5.41, 5.74) is 1.44. The maximum absolute atomic E-state index is 13.2. The highest BCUT2D eigenvalue weighted by Crippen LogP contribution is 2.34. The first-order valence-corrected chi connectivity index (χ1v) is 13.7.